The van der Waals surface area contributed by atoms with Crippen molar-refractivity contribution < 1.29 is 39.3 Å². The van der Waals surface area contributed by atoms with Crippen LogP contribution in [0, 0.1) is 0 Å². The number of rotatable bonds is 16. The molecule has 15 nitrogen and oxygen atoms in total. The lowest BCUT2D eigenvalue weighted by Crippen LogP contribution is -2.58. The lowest BCUT2D eigenvalue weighted by Gasteiger charge is -2.24. The largest absolute Gasteiger partial charge is 0.508 e. The molecule has 16 heteroatoms. The van der Waals surface area contributed by atoms with Crippen molar-refractivity contribution in [1.82, 2.24) is 16.0 Å². The number of carbonyl (C=O) groups excluding carboxylic acids is 3. The van der Waals surface area contributed by atoms with Crippen molar-refractivity contribution in [2.75, 3.05) is 12.3 Å². The average Bonchev–Trinajstić information content (AvgIpc) is 2.84. The summed E-state index contributed by atoms with van der Waals surface area (Å²) in [5.41, 5.74) is 16.5. The Morgan fingerprint density at radius 2 is 1.45 bits per heavy atom. The van der Waals surface area contributed by atoms with Crippen LogP contribution < -0.4 is 33.2 Å². The van der Waals surface area contributed by atoms with Gasteiger partial charge in [0, 0.05) is 18.7 Å². The molecule has 0 bridgehead atoms. The van der Waals surface area contributed by atoms with Gasteiger partial charge >= 0.3 is 11.9 Å². The van der Waals surface area contributed by atoms with Gasteiger partial charge in [0.15, 0.2) is 5.96 Å². The van der Waals surface area contributed by atoms with E-state index in [-0.39, 0.29) is 43.3 Å². The third-order valence-electron chi connectivity index (χ3n) is 5.12. The summed E-state index contributed by atoms with van der Waals surface area (Å²) < 4.78 is 0. The normalized spacial score (nSPS) is 13.7. The molecule has 0 aromatic heterocycles. The van der Waals surface area contributed by atoms with E-state index in [1.165, 1.54) is 24.3 Å². The second-order valence-corrected chi connectivity index (χ2v) is 8.59. The molecular weight excluding hydrogens is 522 g/mol. The fourth-order valence-corrected chi connectivity index (χ4v) is 3.39. The smallest absolute Gasteiger partial charge is 0.326 e. The van der Waals surface area contributed by atoms with Crippen LogP contribution in [0.15, 0.2) is 29.3 Å². The Morgan fingerprint density at radius 1 is 0.895 bits per heavy atom. The molecule has 0 heterocycles. The number of carboxylic acids is 2. The number of nitrogens with two attached hydrogens (primary N) is 3. The number of guanidine groups is 1. The Bertz CT molecular complexity index is 1020. The highest BCUT2D eigenvalue weighted by Crippen LogP contribution is 2.12. The maximum Gasteiger partial charge on any atom is 0.326 e. The Labute approximate surface area is 223 Å². The molecular formula is C22H33N7O8S. The topological polar surface area (TPSA) is 273 Å². The minimum absolute atomic E-state index is 0.00544. The van der Waals surface area contributed by atoms with Gasteiger partial charge in [0.2, 0.25) is 17.7 Å². The molecule has 3 amide bonds. The van der Waals surface area contributed by atoms with Crippen molar-refractivity contribution in [1.29, 1.82) is 0 Å². The minimum Gasteiger partial charge on any atom is -0.508 e. The van der Waals surface area contributed by atoms with Crippen molar-refractivity contribution in [3.63, 3.8) is 0 Å². The summed E-state index contributed by atoms with van der Waals surface area (Å²) in [6.07, 6.45) is -0.522. The summed E-state index contributed by atoms with van der Waals surface area (Å²) in [5.74, 6) is -5.60. The third kappa shape index (κ3) is 11.8. The average molecular weight is 556 g/mol. The number of carboxylic acid groups (broad SMARTS) is 2. The Balaban J connectivity index is 3.03. The molecule has 0 spiro atoms. The zero-order valence-corrected chi connectivity index (χ0v) is 21.3. The van der Waals surface area contributed by atoms with E-state index in [4.69, 9.17) is 22.3 Å². The van der Waals surface area contributed by atoms with Crippen LogP contribution in [-0.2, 0) is 30.4 Å². The standard InChI is InChI=1S/C22H33N7O8S/c23-13(9-17(31)32)18(33)29-16(10-38)20(35)28-15(8-11-3-5-12(30)6-4-11)19(34)27-14(21(36)37)2-1-7-26-22(24)25/h3-6,13-16,30,38H,1-2,7-10,23H2,(H,27,34)(H,28,35)(H,29,33)(H,31,32)(H,36,37)(H4,24,25,26). The van der Waals surface area contributed by atoms with Crippen LogP contribution in [0.4, 0.5) is 0 Å². The molecule has 4 unspecified atom stereocenters. The van der Waals surface area contributed by atoms with Crippen molar-refractivity contribution in [2.24, 2.45) is 22.2 Å². The minimum atomic E-state index is -1.42. The molecule has 12 N–H and O–H groups in total. The first-order valence-electron chi connectivity index (χ1n) is 11.4. The lowest BCUT2D eigenvalue weighted by molar-refractivity contribution is -0.142. The van der Waals surface area contributed by atoms with Gasteiger partial charge in [-0.05, 0) is 30.5 Å². The summed E-state index contributed by atoms with van der Waals surface area (Å²) in [6, 6.07) is 0.448. The highest BCUT2D eigenvalue weighted by Gasteiger charge is 2.30. The number of benzene rings is 1. The highest BCUT2D eigenvalue weighted by atomic mass is 32.1. The van der Waals surface area contributed by atoms with Gasteiger partial charge in [0.1, 0.15) is 23.9 Å². The fourth-order valence-electron chi connectivity index (χ4n) is 3.14. The zero-order chi connectivity index (χ0) is 28.8. The number of phenols is 1. The molecule has 1 rings (SSSR count). The van der Waals surface area contributed by atoms with Crippen molar-refractivity contribution in [3.05, 3.63) is 29.8 Å². The number of carbonyl (C=O) groups is 5. The number of nitrogens with one attached hydrogen (secondary N) is 3. The predicted molar refractivity (Wildman–Crippen MR) is 139 cm³/mol. The molecule has 1 aromatic carbocycles. The first-order valence-corrected chi connectivity index (χ1v) is 12.0. The van der Waals surface area contributed by atoms with E-state index in [1.54, 1.807) is 0 Å². The van der Waals surface area contributed by atoms with Crippen molar-refractivity contribution >= 4 is 48.2 Å². The lowest BCUT2D eigenvalue weighted by atomic mass is 10.0. The molecule has 0 aliphatic heterocycles. The maximum absolute atomic E-state index is 13.1. The predicted octanol–water partition coefficient (Wildman–Crippen LogP) is -2.74. The van der Waals surface area contributed by atoms with Crippen molar-refractivity contribution in [3.8, 4) is 5.75 Å². The van der Waals surface area contributed by atoms with Gasteiger partial charge in [-0.3, -0.25) is 24.2 Å². The SMILES string of the molecule is NC(N)=NCCCC(NC(=O)C(Cc1ccc(O)cc1)NC(=O)C(CS)NC(=O)C(N)CC(=O)O)C(=O)O. The summed E-state index contributed by atoms with van der Waals surface area (Å²) in [6.45, 7) is 0.142. The number of aromatic hydroxyl groups is 1. The summed E-state index contributed by atoms with van der Waals surface area (Å²) in [7, 11) is 0. The number of hydrogen-bond donors (Lipinski definition) is 10. The van der Waals surface area contributed by atoms with Gasteiger partial charge in [0.25, 0.3) is 0 Å². The molecule has 0 saturated heterocycles. The monoisotopic (exact) mass is 555 g/mol. The van der Waals surface area contributed by atoms with E-state index in [2.05, 4.69) is 33.6 Å². The van der Waals surface area contributed by atoms with E-state index >= 15 is 0 Å². The summed E-state index contributed by atoms with van der Waals surface area (Å²) in [4.78, 5) is 64.4. The molecule has 38 heavy (non-hydrogen) atoms. The second-order valence-electron chi connectivity index (χ2n) is 8.23. The number of thiol groups is 1. The fraction of sp³-hybridized carbons (Fsp3) is 0.455. The van der Waals surface area contributed by atoms with Gasteiger partial charge in [-0.25, -0.2) is 4.79 Å². The van der Waals surface area contributed by atoms with E-state index in [9.17, 15) is 34.2 Å². The third-order valence-corrected chi connectivity index (χ3v) is 5.48. The van der Waals surface area contributed by atoms with Gasteiger partial charge < -0.3 is 48.5 Å². The number of aliphatic carboxylic acids is 2. The Hall–Kier alpha value is -4.05. The Morgan fingerprint density at radius 3 is 1.97 bits per heavy atom. The van der Waals surface area contributed by atoms with Crippen molar-refractivity contribution in [2.45, 2.75) is 49.9 Å². The molecule has 210 valence electrons. The van der Waals surface area contributed by atoms with Gasteiger partial charge in [-0.1, -0.05) is 12.1 Å². The van der Waals surface area contributed by atoms with Gasteiger partial charge in [-0.2, -0.15) is 12.6 Å². The molecule has 0 fully saturated rings. The van der Waals surface area contributed by atoms with E-state index < -0.39 is 60.2 Å². The number of amides is 3. The van der Waals surface area contributed by atoms with Crippen LogP contribution in [0.3, 0.4) is 0 Å². The van der Waals surface area contributed by atoms with Crippen LogP contribution in [0.2, 0.25) is 0 Å². The first kappa shape index (κ1) is 32.0. The van der Waals surface area contributed by atoms with Crippen LogP contribution in [0.5, 0.6) is 5.75 Å². The molecule has 0 aliphatic rings. The maximum atomic E-state index is 13.1. The molecule has 0 aliphatic carbocycles. The molecule has 4 atom stereocenters. The zero-order valence-electron chi connectivity index (χ0n) is 20.4. The molecule has 1 aromatic rings. The van der Waals surface area contributed by atoms with Crippen LogP contribution in [0.1, 0.15) is 24.8 Å². The van der Waals surface area contributed by atoms with E-state index in [0.29, 0.717) is 5.56 Å². The van der Waals surface area contributed by atoms with Crippen LogP contribution in [-0.4, -0.2) is 87.4 Å². The summed E-state index contributed by atoms with van der Waals surface area (Å²) in [5, 5.41) is 35.0. The number of phenolic OH excluding ortho intramolecular Hbond substituents is 1. The first-order chi connectivity index (χ1) is 17.8. The second kappa shape index (κ2) is 15.9. The number of nitrogens with zero attached hydrogens (tertiary/aromatic N) is 1. The van der Waals surface area contributed by atoms with Gasteiger partial charge in [0.05, 0.1) is 12.5 Å². The number of hydrogen-bond acceptors (Lipinski definition) is 9. The highest BCUT2D eigenvalue weighted by molar-refractivity contribution is 7.80. The van der Waals surface area contributed by atoms with Crippen LogP contribution in [0.25, 0.3) is 0 Å². The summed E-state index contributed by atoms with van der Waals surface area (Å²) >= 11 is 4.03. The van der Waals surface area contributed by atoms with Crippen LogP contribution >= 0.6 is 12.6 Å². The molecule has 0 radical (unpaired) electrons. The van der Waals surface area contributed by atoms with E-state index in [0.717, 1.165) is 0 Å². The number of aliphatic imine (C=N–C) groups is 1. The van der Waals surface area contributed by atoms with E-state index in [1.807, 2.05) is 0 Å². The Kier molecular flexibility index (Phi) is 13.4. The van der Waals surface area contributed by atoms with Gasteiger partial charge in [-0.15, -0.1) is 0 Å². The molecule has 0 saturated carbocycles. The quantitative estimate of drug-likeness (QED) is 0.0432.